The van der Waals surface area contributed by atoms with E-state index in [0.717, 1.165) is 43.0 Å². The number of rotatable bonds is 6. The van der Waals surface area contributed by atoms with Gasteiger partial charge in [-0.2, -0.15) is 0 Å². The van der Waals surface area contributed by atoms with E-state index in [-0.39, 0.29) is 0 Å². The second-order valence-electron chi connectivity index (χ2n) is 12.0. The normalized spacial score (nSPS) is 14.5. The molecule has 6 aromatic carbocycles. The van der Waals surface area contributed by atoms with E-state index in [2.05, 4.69) is 26.0 Å². The molecular weight excluding hydrogens is 578 g/mol. The van der Waals surface area contributed by atoms with Crippen molar-refractivity contribution < 1.29 is 14.5 Å². The Kier molecular flexibility index (Phi) is 7.24. The molecule has 0 aliphatic carbocycles. The first-order valence-electron chi connectivity index (χ1n) is 15.0. The van der Waals surface area contributed by atoms with Crippen molar-refractivity contribution >= 4 is 46.8 Å². The fraction of sp³-hybridized carbons (Fsp3) is 0.0769. The Morgan fingerprint density at radius 1 is 0.409 bits per heavy atom. The summed E-state index contributed by atoms with van der Waals surface area (Å²) in [5.74, 6) is 1.36. The number of benzene rings is 6. The van der Waals surface area contributed by atoms with Crippen LogP contribution in [0.15, 0.2) is 158 Å². The quantitative estimate of drug-likeness (QED) is 0.227. The summed E-state index contributed by atoms with van der Waals surface area (Å²) in [4.78, 5) is 26.0. The van der Waals surface area contributed by atoms with E-state index in [1.165, 1.54) is 0 Å². The van der Waals surface area contributed by atoms with Gasteiger partial charge in [-0.3, -0.25) is 0 Å². The maximum absolute atomic E-state index is 13.0. The van der Waals surface area contributed by atoms with Gasteiger partial charge >= 0.3 is 261 Å². The Morgan fingerprint density at radius 3 is 1.00 bits per heavy atom. The summed E-state index contributed by atoms with van der Waals surface area (Å²) in [6.45, 7) is 4.41. The van der Waals surface area contributed by atoms with E-state index in [9.17, 15) is 9.79 Å². The van der Waals surface area contributed by atoms with Crippen molar-refractivity contribution in [2.75, 3.05) is 0 Å². The zero-order chi connectivity index (χ0) is 30.4. The molecule has 0 spiro atoms. The first-order chi connectivity index (χ1) is 21.4. The topological polar surface area (TPSA) is 49.7 Å². The van der Waals surface area contributed by atoms with Crippen LogP contribution in [0.1, 0.15) is 25.0 Å². The Labute approximate surface area is 260 Å². The first-order valence-corrected chi connectivity index (χ1v) is 18.9. The molecule has 1 aliphatic rings. The van der Waals surface area contributed by atoms with Crippen LogP contribution in [0.4, 0.5) is 0 Å². The van der Waals surface area contributed by atoms with Crippen molar-refractivity contribution in [3.63, 3.8) is 0 Å². The zero-order valence-electron chi connectivity index (χ0n) is 24.8. The summed E-state index contributed by atoms with van der Waals surface area (Å²) in [5, 5.41) is 5.15. The molecule has 0 saturated carbocycles. The van der Waals surface area contributed by atoms with Gasteiger partial charge in [-0.1, -0.05) is 0 Å². The fourth-order valence-corrected chi connectivity index (χ4v) is 13.1. The summed E-state index contributed by atoms with van der Waals surface area (Å²) < 4.78 is 7.10. The average Bonchev–Trinajstić information content (AvgIpc) is 3.09. The van der Waals surface area contributed by atoms with Crippen molar-refractivity contribution in [2.45, 2.75) is 19.3 Å². The van der Waals surface area contributed by atoms with Crippen LogP contribution in [0, 0.1) is 0 Å². The first kappa shape index (κ1) is 28.7. The predicted octanol–water partition coefficient (Wildman–Crippen LogP) is 5.99. The van der Waals surface area contributed by atoms with Crippen LogP contribution in [-0.4, -0.2) is 9.79 Å². The van der Waals surface area contributed by atoms with Gasteiger partial charge in [0.05, 0.1) is 0 Å². The Balaban J connectivity index is 1.50. The number of fused-ring (bicyclic) bond motifs is 2. The second kappa shape index (κ2) is 11.1. The van der Waals surface area contributed by atoms with Gasteiger partial charge in [0.2, 0.25) is 0 Å². The molecule has 1 heterocycles. The van der Waals surface area contributed by atoms with E-state index in [0.29, 0.717) is 11.5 Å². The van der Waals surface area contributed by atoms with Crippen LogP contribution in [-0.2, 0) is 5.41 Å². The van der Waals surface area contributed by atoms with E-state index in [1.807, 2.05) is 146 Å². The van der Waals surface area contributed by atoms with Gasteiger partial charge in [0.25, 0.3) is 0 Å². The molecule has 0 aromatic heterocycles. The summed E-state index contributed by atoms with van der Waals surface area (Å²) >= 11 is 0. The monoisotopic (exact) mass is 614 g/mol. The second-order valence-corrected chi connectivity index (χ2v) is 18.2. The maximum atomic E-state index is 13.0. The van der Waals surface area contributed by atoms with Crippen LogP contribution in [0.25, 0.3) is 0 Å². The summed E-state index contributed by atoms with van der Waals surface area (Å²) in [7, 11) is -7.02. The molecule has 5 heteroatoms. The molecule has 220 valence electrons. The van der Waals surface area contributed by atoms with Crippen LogP contribution < -0.4 is 36.6 Å². The third kappa shape index (κ3) is 4.43. The zero-order valence-corrected chi connectivity index (χ0v) is 26.8. The molecular formula is C39H36O3P2. The molecule has 44 heavy (non-hydrogen) atoms. The van der Waals surface area contributed by atoms with Gasteiger partial charge in [-0.05, 0) is 0 Å². The number of ether oxygens (including phenoxy) is 1. The molecule has 0 fully saturated rings. The molecule has 0 amide bonds. The molecule has 2 N–H and O–H groups in total. The van der Waals surface area contributed by atoms with Gasteiger partial charge in [0.15, 0.2) is 0 Å². The minimum absolute atomic E-state index is 0.458. The predicted molar refractivity (Wildman–Crippen MR) is 190 cm³/mol. The van der Waals surface area contributed by atoms with E-state index in [1.54, 1.807) is 0 Å². The number of para-hydroxylation sites is 2. The third-order valence-electron chi connectivity index (χ3n) is 9.13. The summed E-state index contributed by atoms with van der Waals surface area (Å²) in [5.41, 5.74) is 1.57. The van der Waals surface area contributed by atoms with Crippen molar-refractivity contribution in [1.29, 1.82) is 0 Å². The van der Waals surface area contributed by atoms with E-state index >= 15 is 0 Å². The molecule has 3 nitrogen and oxygen atoms in total. The Hall–Kier alpha value is -4.10. The van der Waals surface area contributed by atoms with Crippen LogP contribution in [0.5, 0.6) is 11.5 Å². The molecule has 0 radical (unpaired) electrons. The number of hydrogen-bond donors (Lipinski definition) is 2. The minimum atomic E-state index is -3.51. The Bertz CT molecular complexity index is 1710. The van der Waals surface area contributed by atoms with Crippen molar-refractivity contribution in [3.05, 3.63) is 169 Å². The third-order valence-corrected chi connectivity index (χ3v) is 16.1. The van der Waals surface area contributed by atoms with Gasteiger partial charge in [0.1, 0.15) is 0 Å². The fourth-order valence-electron chi connectivity index (χ4n) is 6.77. The van der Waals surface area contributed by atoms with Crippen molar-refractivity contribution in [2.24, 2.45) is 0 Å². The number of hydrogen-bond acceptors (Lipinski definition) is 3. The van der Waals surface area contributed by atoms with E-state index < -0.39 is 20.4 Å². The average molecular weight is 615 g/mol. The van der Waals surface area contributed by atoms with Crippen LogP contribution >= 0.6 is 15.0 Å². The van der Waals surface area contributed by atoms with Gasteiger partial charge in [-0.25, -0.2) is 0 Å². The summed E-state index contributed by atoms with van der Waals surface area (Å²) in [6, 6.07) is 52.2. The van der Waals surface area contributed by atoms with Crippen LogP contribution in [0.3, 0.4) is 0 Å². The van der Waals surface area contributed by atoms with E-state index in [4.69, 9.17) is 4.74 Å². The molecule has 0 bridgehead atoms. The molecule has 0 saturated heterocycles. The van der Waals surface area contributed by atoms with Gasteiger partial charge in [0, 0.05) is 0 Å². The van der Waals surface area contributed by atoms with Crippen molar-refractivity contribution in [1.82, 2.24) is 0 Å². The molecule has 7 rings (SSSR count). The molecule has 0 unspecified atom stereocenters. The SMILES string of the molecule is CC1(C)c2cccc([PH](O)(c3ccccc3)c3ccccc3)c2Oc2c1cccc2[PH](O)(c1ccccc1)c1ccccc1. The van der Waals surface area contributed by atoms with Crippen LogP contribution in [0.2, 0.25) is 0 Å². The molecule has 6 aromatic rings. The van der Waals surface area contributed by atoms with Gasteiger partial charge < -0.3 is 0 Å². The Morgan fingerprint density at radius 2 is 0.705 bits per heavy atom. The molecule has 1 aliphatic heterocycles. The van der Waals surface area contributed by atoms with Crippen molar-refractivity contribution in [3.8, 4) is 11.5 Å². The molecule has 0 atom stereocenters. The van der Waals surface area contributed by atoms with Gasteiger partial charge in [-0.15, -0.1) is 0 Å². The standard InChI is InChI=1S/C39H36O3P2/c1-39(2)33-25-15-27-35(43(40,29-17-7-3-8-18-29)30-19-9-4-10-20-30)37(33)42-38-34(39)26-16-28-36(38)44(41,31-21-11-5-12-22-31)32-23-13-6-14-24-32/h3-28,40-41,43-44H,1-2H3. The summed E-state index contributed by atoms with van der Waals surface area (Å²) in [6.07, 6.45) is 0.